The number of nitrogens with one attached hydrogen (secondary N) is 2. The smallest absolute Gasteiger partial charge is 0.240 e. The summed E-state index contributed by atoms with van der Waals surface area (Å²) < 4.78 is 35.1. The molecule has 1 aromatic heterocycles. The Hall–Kier alpha value is -2.43. The van der Waals surface area contributed by atoms with Gasteiger partial charge in [0, 0.05) is 38.4 Å². The molecule has 2 heterocycles. The van der Waals surface area contributed by atoms with Crippen LogP contribution >= 0.6 is 0 Å². The van der Waals surface area contributed by atoms with Crippen LogP contribution in [0.5, 0.6) is 0 Å². The molecule has 1 aliphatic heterocycles. The topological polar surface area (TPSA) is 101 Å². The van der Waals surface area contributed by atoms with Gasteiger partial charge < -0.3 is 15.0 Å². The largest absolute Gasteiger partial charge is 0.370 e. The summed E-state index contributed by atoms with van der Waals surface area (Å²) in [6.07, 6.45) is 3.70. The van der Waals surface area contributed by atoms with Gasteiger partial charge in [-0.1, -0.05) is 17.7 Å². The minimum Gasteiger partial charge on any atom is -0.370 e. The number of nitrogens with zero attached hydrogens (tertiary/aromatic N) is 4. The maximum atomic E-state index is 12.4. The summed E-state index contributed by atoms with van der Waals surface area (Å²) in [7, 11) is -1.65. The highest BCUT2D eigenvalue weighted by Crippen LogP contribution is 2.21. The SMILES string of the molecule is CCNC(=NCCNS(=O)(=O)c1ccc(C)cc1)N1CCOC(c2cnn(C)c2)C1. The minimum atomic E-state index is -3.54. The van der Waals surface area contributed by atoms with Gasteiger partial charge in [0.25, 0.3) is 0 Å². The number of hydrogen-bond acceptors (Lipinski definition) is 5. The standard InChI is InChI=1S/C20H30N6O3S/c1-4-21-20(26-11-12-29-19(15-26)17-13-23-25(3)14-17)22-9-10-24-30(27,28)18-7-5-16(2)6-8-18/h5-8,13-14,19,24H,4,9-12,15H2,1-3H3,(H,21,22). The number of aromatic nitrogens is 2. The Labute approximate surface area is 178 Å². The number of benzene rings is 1. The number of hydrogen-bond donors (Lipinski definition) is 2. The lowest BCUT2D eigenvalue weighted by Gasteiger charge is -2.34. The van der Waals surface area contributed by atoms with Gasteiger partial charge in [0.15, 0.2) is 5.96 Å². The second-order valence-electron chi connectivity index (χ2n) is 7.20. The maximum Gasteiger partial charge on any atom is 0.240 e. The van der Waals surface area contributed by atoms with Crippen molar-refractivity contribution in [1.29, 1.82) is 0 Å². The van der Waals surface area contributed by atoms with Crippen molar-refractivity contribution < 1.29 is 13.2 Å². The third-order valence-electron chi connectivity index (χ3n) is 4.79. The Balaban J connectivity index is 1.59. The molecule has 1 saturated heterocycles. The zero-order valence-electron chi connectivity index (χ0n) is 17.7. The molecule has 9 nitrogen and oxygen atoms in total. The van der Waals surface area contributed by atoms with Gasteiger partial charge in [0.1, 0.15) is 6.10 Å². The van der Waals surface area contributed by atoms with Crippen LogP contribution in [-0.2, 0) is 21.8 Å². The molecule has 0 bridgehead atoms. The van der Waals surface area contributed by atoms with E-state index in [1.54, 1.807) is 28.9 Å². The summed E-state index contributed by atoms with van der Waals surface area (Å²) in [5.74, 6) is 0.754. The first-order valence-electron chi connectivity index (χ1n) is 10.1. The summed E-state index contributed by atoms with van der Waals surface area (Å²) in [6.45, 7) is 7.18. The van der Waals surface area contributed by atoms with E-state index in [-0.39, 0.29) is 17.5 Å². The summed E-state index contributed by atoms with van der Waals surface area (Å²) in [5.41, 5.74) is 2.05. The normalized spacial score (nSPS) is 17.9. The van der Waals surface area contributed by atoms with E-state index in [0.29, 0.717) is 19.7 Å². The molecule has 0 spiro atoms. The summed E-state index contributed by atoms with van der Waals surface area (Å²) in [4.78, 5) is 7.01. The molecular weight excluding hydrogens is 404 g/mol. The van der Waals surface area contributed by atoms with Gasteiger partial charge in [-0.15, -0.1) is 0 Å². The molecule has 30 heavy (non-hydrogen) atoms. The molecule has 1 unspecified atom stereocenters. The Bertz CT molecular complexity index is 955. The fourth-order valence-electron chi connectivity index (χ4n) is 3.22. The van der Waals surface area contributed by atoms with E-state index in [4.69, 9.17) is 4.74 Å². The molecule has 164 valence electrons. The molecule has 1 aromatic carbocycles. The van der Waals surface area contributed by atoms with Crippen LogP contribution in [0, 0.1) is 6.92 Å². The van der Waals surface area contributed by atoms with Crippen molar-refractivity contribution in [2.24, 2.45) is 12.0 Å². The maximum absolute atomic E-state index is 12.4. The molecule has 10 heteroatoms. The van der Waals surface area contributed by atoms with E-state index in [9.17, 15) is 8.42 Å². The Kier molecular flexibility index (Phi) is 7.46. The molecular formula is C20H30N6O3S. The van der Waals surface area contributed by atoms with Crippen molar-refractivity contribution in [2.45, 2.75) is 24.8 Å². The summed E-state index contributed by atoms with van der Waals surface area (Å²) in [5, 5.41) is 7.51. The quantitative estimate of drug-likeness (QED) is 0.384. The second kappa shape index (κ2) is 10.1. The monoisotopic (exact) mass is 434 g/mol. The molecule has 0 saturated carbocycles. The molecule has 0 amide bonds. The molecule has 1 aliphatic rings. The van der Waals surface area contributed by atoms with Gasteiger partial charge in [0.05, 0.1) is 30.8 Å². The van der Waals surface area contributed by atoms with Crippen molar-refractivity contribution >= 4 is 16.0 Å². The number of aliphatic imine (C=N–C) groups is 1. The first kappa shape index (κ1) is 22.3. The number of sulfonamides is 1. The Morgan fingerprint density at radius 2 is 2.10 bits per heavy atom. The van der Waals surface area contributed by atoms with Crippen molar-refractivity contribution in [3.8, 4) is 0 Å². The molecule has 3 rings (SSSR count). The lowest BCUT2D eigenvalue weighted by molar-refractivity contribution is -0.00803. The van der Waals surface area contributed by atoms with Crippen LogP contribution in [0.4, 0.5) is 0 Å². The number of morpholine rings is 1. The lowest BCUT2D eigenvalue weighted by Crippen LogP contribution is -2.48. The third kappa shape index (κ3) is 5.80. The van der Waals surface area contributed by atoms with Crippen LogP contribution in [0.1, 0.15) is 24.2 Å². The number of aryl methyl sites for hydroxylation is 2. The van der Waals surface area contributed by atoms with Gasteiger partial charge in [-0.3, -0.25) is 9.67 Å². The average Bonchev–Trinajstić information content (AvgIpc) is 3.17. The predicted octanol–water partition coefficient (Wildman–Crippen LogP) is 1.05. The number of rotatable bonds is 7. The highest BCUT2D eigenvalue weighted by atomic mass is 32.2. The summed E-state index contributed by atoms with van der Waals surface area (Å²) in [6, 6.07) is 6.79. The van der Waals surface area contributed by atoms with Crippen molar-refractivity contribution in [3.63, 3.8) is 0 Å². The zero-order valence-corrected chi connectivity index (χ0v) is 18.5. The fraction of sp³-hybridized carbons (Fsp3) is 0.500. The average molecular weight is 435 g/mol. The van der Waals surface area contributed by atoms with Gasteiger partial charge in [-0.2, -0.15) is 5.10 Å². The van der Waals surface area contributed by atoms with E-state index >= 15 is 0 Å². The number of guanidine groups is 1. The molecule has 0 radical (unpaired) electrons. The van der Waals surface area contributed by atoms with Crippen molar-refractivity contribution in [3.05, 3.63) is 47.8 Å². The van der Waals surface area contributed by atoms with E-state index in [0.717, 1.165) is 30.2 Å². The Morgan fingerprint density at radius 1 is 1.33 bits per heavy atom. The van der Waals surface area contributed by atoms with Crippen LogP contribution in [0.25, 0.3) is 0 Å². The fourth-order valence-corrected chi connectivity index (χ4v) is 4.24. The van der Waals surface area contributed by atoms with Crippen molar-refractivity contribution in [2.75, 3.05) is 39.3 Å². The first-order valence-corrected chi connectivity index (χ1v) is 11.6. The van der Waals surface area contributed by atoms with Crippen LogP contribution in [0.3, 0.4) is 0 Å². The highest BCUT2D eigenvalue weighted by Gasteiger charge is 2.25. The van der Waals surface area contributed by atoms with E-state index < -0.39 is 10.0 Å². The zero-order chi connectivity index (χ0) is 21.6. The minimum absolute atomic E-state index is 0.0728. The first-order chi connectivity index (χ1) is 14.4. The van der Waals surface area contributed by atoms with Gasteiger partial charge >= 0.3 is 0 Å². The van der Waals surface area contributed by atoms with E-state index in [1.807, 2.05) is 33.3 Å². The van der Waals surface area contributed by atoms with Crippen LogP contribution in [0.2, 0.25) is 0 Å². The van der Waals surface area contributed by atoms with Gasteiger partial charge in [-0.25, -0.2) is 13.1 Å². The van der Waals surface area contributed by atoms with Gasteiger partial charge in [-0.05, 0) is 26.0 Å². The third-order valence-corrected chi connectivity index (χ3v) is 6.27. The van der Waals surface area contributed by atoms with E-state index in [2.05, 4.69) is 25.0 Å². The van der Waals surface area contributed by atoms with Crippen LogP contribution in [-0.4, -0.2) is 68.4 Å². The summed E-state index contributed by atoms with van der Waals surface area (Å²) >= 11 is 0. The predicted molar refractivity (Wildman–Crippen MR) is 116 cm³/mol. The van der Waals surface area contributed by atoms with Crippen molar-refractivity contribution in [1.82, 2.24) is 24.7 Å². The molecule has 1 fully saturated rings. The van der Waals surface area contributed by atoms with Gasteiger partial charge in [0.2, 0.25) is 10.0 Å². The highest BCUT2D eigenvalue weighted by molar-refractivity contribution is 7.89. The van der Waals surface area contributed by atoms with E-state index in [1.165, 1.54) is 0 Å². The molecule has 0 aliphatic carbocycles. The molecule has 2 N–H and O–H groups in total. The molecule has 2 aromatic rings. The van der Waals surface area contributed by atoms with Crippen LogP contribution < -0.4 is 10.0 Å². The Morgan fingerprint density at radius 3 is 2.77 bits per heavy atom. The molecule has 1 atom stereocenters. The lowest BCUT2D eigenvalue weighted by atomic mass is 10.1. The second-order valence-corrected chi connectivity index (χ2v) is 8.97. The van der Waals surface area contributed by atoms with Crippen LogP contribution in [0.15, 0.2) is 46.5 Å². The number of ether oxygens (including phenoxy) is 1.